The van der Waals surface area contributed by atoms with Gasteiger partial charge in [-0.05, 0) is 48.9 Å². The monoisotopic (exact) mass is 673 g/mol. The molecular formula is C37H39NO11. The lowest BCUT2D eigenvalue weighted by Crippen LogP contribution is -2.63. The normalized spacial score (nSPS) is 27.3. The molecule has 3 heterocycles. The minimum absolute atomic E-state index is 0.0575. The average molecular weight is 674 g/mol. The van der Waals surface area contributed by atoms with Crippen molar-refractivity contribution in [3.05, 3.63) is 102 Å². The van der Waals surface area contributed by atoms with E-state index in [0.29, 0.717) is 42.9 Å². The number of anilines is 1. The number of ether oxygens (including phenoxy) is 7. The van der Waals surface area contributed by atoms with Crippen molar-refractivity contribution in [3.8, 4) is 11.5 Å². The molecule has 3 aromatic rings. The molecular weight excluding hydrogens is 634 g/mol. The quantitative estimate of drug-likeness (QED) is 0.197. The smallest absolute Gasteiger partial charge is 0.412 e. The molecule has 3 aliphatic heterocycles. The fourth-order valence-corrected chi connectivity index (χ4v) is 6.17. The van der Waals surface area contributed by atoms with Crippen molar-refractivity contribution in [2.24, 2.45) is 11.8 Å². The first-order valence-corrected chi connectivity index (χ1v) is 16.2. The van der Waals surface area contributed by atoms with Crippen LogP contribution in [0.5, 0.6) is 11.5 Å². The summed E-state index contributed by atoms with van der Waals surface area (Å²) in [6, 6.07) is 23.9. The highest BCUT2D eigenvalue weighted by Crippen LogP contribution is 2.35. The Bertz CT molecular complexity index is 1620. The number of allylic oxidation sites excluding steroid dienone is 2. The van der Waals surface area contributed by atoms with Crippen LogP contribution in [0.3, 0.4) is 0 Å². The molecule has 0 aliphatic carbocycles. The van der Waals surface area contributed by atoms with Gasteiger partial charge >= 0.3 is 18.0 Å². The van der Waals surface area contributed by atoms with Gasteiger partial charge in [0.15, 0.2) is 36.1 Å². The van der Waals surface area contributed by atoms with Crippen LogP contribution >= 0.6 is 0 Å². The number of hydrogen-bond acceptors (Lipinski definition) is 11. The molecule has 0 spiro atoms. The highest BCUT2D eigenvalue weighted by molar-refractivity contribution is 5.85. The van der Waals surface area contributed by atoms with Crippen LogP contribution in [0.25, 0.3) is 0 Å². The van der Waals surface area contributed by atoms with Crippen molar-refractivity contribution in [2.75, 3.05) is 25.8 Å². The Morgan fingerprint density at radius 3 is 2.00 bits per heavy atom. The molecule has 1 saturated heterocycles. The first kappa shape index (κ1) is 34.0. The van der Waals surface area contributed by atoms with Gasteiger partial charge in [-0.1, -0.05) is 72.8 Å². The summed E-state index contributed by atoms with van der Waals surface area (Å²) in [5.41, 5.74) is 2.22. The standard InChI is InChI=1S/C37H39NO11/c1-43-36-33-32(31(30(21-39)46-36)49-37(42)38-27-16-17-28-29(20-27)45-22-44-28)47-34(40)25(18-23-10-4-2-5-11-23)14-8-9-15-26(35(41)48-33)19-24-12-6-3-7-13-24/h2-13,16-17,20,25-26,30-33,36,39H,14-15,18-19,21-22H2,1H3,(H,38,42)/b9-8-/t25-,26-,30+,31+,32-,33+,36-/m0/s1. The van der Waals surface area contributed by atoms with Crippen LogP contribution in [0.15, 0.2) is 91.0 Å². The van der Waals surface area contributed by atoms with E-state index in [4.69, 9.17) is 33.2 Å². The molecule has 12 heteroatoms. The van der Waals surface area contributed by atoms with Crippen molar-refractivity contribution in [3.63, 3.8) is 0 Å². The summed E-state index contributed by atoms with van der Waals surface area (Å²) in [6.45, 7) is -0.564. The number of esters is 2. The van der Waals surface area contributed by atoms with Gasteiger partial charge in [-0.15, -0.1) is 0 Å². The van der Waals surface area contributed by atoms with Crippen molar-refractivity contribution >= 4 is 23.7 Å². The third-order valence-corrected chi connectivity index (χ3v) is 8.69. The minimum Gasteiger partial charge on any atom is -0.454 e. The lowest BCUT2D eigenvalue weighted by atomic mass is 9.92. The summed E-state index contributed by atoms with van der Waals surface area (Å²) in [5.74, 6) is -1.42. The van der Waals surface area contributed by atoms with Crippen LogP contribution in [0.4, 0.5) is 10.5 Å². The second kappa shape index (κ2) is 16.0. The highest BCUT2D eigenvalue weighted by atomic mass is 16.7. The van der Waals surface area contributed by atoms with Crippen LogP contribution in [-0.4, -0.2) is 74.4 Å². The van der Waals surface area contributed by atoms with Gasteiger partial charge in [0.25, 0.3) is 0 Å². The molecule has 3 aliphatic rings. The predicted molar refractivity (Wildman–Crippen MR) is 175 cm³/mol. The van der Waals surface area contributed by atoms with E-state index in [1.54, 1.807) is 18.2 Å². The van der Waals surface area contributed by atoms with E-state index in [9.17, 15) is 19.5 Å². The molecule has 2 N–H and O–H groups in total. The third-order valence-electron chi connectivity index (χ3n) is 8.69. The maximum absolute atomic E-state index is 14.0. The maximum Gasteiger partial charge on any atom is 0.412 e. The zero-order valence-electron chi connectivity index (χ0n) is 27.0. The van der Waals surface area contributed by atoms with Gasteiger partial charge in [0, 0.05) is 18.9 Å². The fourth-order valence-electron chi connectivity index (χ4n) is 6.17. The molecule has 0 saturated carbocycles. The number of aliphatic hydroxyl groups is 1. The van der Waals surface area contributed by atoms with E-state index < -0.39 is 67.2 Å². The second-order valence-corrected chi connectivity index (χ2v) is 12.0. The van der Waals surface area contributed by atoms with E-state index >= 15 is 0 Å². The number of fused-ring (bicyclic) bond motifs is 2. The number of nitrogens with one attached hydrogen (secondary N) is 1. The fraction of sp³-hybridized carbons (Fsp3) is 0.378. The lowest BCUT2D eigenvalue weighted by molar-refractivity contribution is -0.300. The van der Waals surface area contributed by atoms with Crippen LogP contribution in [0.1, 0.15) is 24.0 Å². The number of carbonyl (C=O) groups excluding carboxylic acids is 3. The number of methoxy groups -OCH3 is 1. The molecule has 6 rings (SSSR count). The molecule has 0 radical (unpaired) electrons. The summed E-state index contributed by atoms with van der Waals surface area (Å²) >= 11 is 0. The van der Waals surface area contributed by atoms with Crippen molar-refractivity contribution in [1.82, 2.24) is 0 Å². The number of hydrogen-bond donors (Lipinski definition) is 2. The van der Waals surface area contributed by atoms with E-state index in [-0.39, 0.29) is 6.79 Å². The van der Waals surface area contributed by atoms with Gasteiger partial charge in [-0.25, -0.2) is 4.79 Å². The first-order valence-electron chi connectivity index (χ1n) is 16.2. The van der Waals surface area contributed by atoms with Gasteiger partial charge in [0.2, 0.25) is 6.79 Å². The number of aliphatic hydroxyl groups excluding tert-OH is 1. The van der Waals surface area contributed by atoms with Gasteiger partial charge in [-0.2, -0.15) is 0 Å². The zero-order valence-corrected chi connectivity index (χ0v) is 27.0. The molecule has 49 heavy (non-hydrogen) atoms. The average Bonchev–Trinajstić information content (AvgIpc) is 3.59. The van der Waals surface area contributed by atoms with Crippen LogP contribution in [0, 0.1) is 11.8 Å². The Morgan fingerprint density at radius 1 is 0.816 bits per heavy atom. The van der Waals surface area contributed by atoms with Crippen molar-refractivity contribution in [2.45, 2.75) is 56.4 Å². The largest absolute Gasteiger partial charge is 0.454 e. The second-order valence-electron chi connectivity index (χ2n) is 12.0. The number of rotatable bonds is 8. The van der Waals surface area contributed by atoms with E-state index in [0.717, 1.165) is 11.1 Å². The number of benzene rings is 3. The maximum atomic E-state index is 14.0. The Balaban J connectivity index is 1.31. The van der Waals surface area contributed by atoms with Crippen molar-refractivity contribution < 1.29 is 52.6 Å². The van der Waals surface area contributed by atoms with Crippen molar-refractivity contribution in [1.29, 1.82) is 0 Å². The van der Waals surface area contributed by atoms with E-state index in [1.165, 1.54) is 7.11 Å². The Hall–Kier alpha value is -4.91. The minimum atomic E-state index is -1.39. The van der Waals surface area contributed by atoms with Crippen LogP contribution in [0.2, 0.25) is 0 Å². The van der Waals surface area contributed by atoms with Crippen LogP contribution in [-0.2, 0) is 46.1 Å². The summed E-state index contributed by atoms with van der Waals surface area (Å²) in [6.07, 6.45) is -2.28. The molecule has 0 aromatic heterocycles. The topological polar surface area (TPSA) is 148 Å². The SMILES string of the molecule is CO[C@H]1O[C@H](CO)[C@@H](OC(=O)Nc2ccc3c(c2)OCO3)[C@@H]2OC(=O)[C@H](Cc3ccccc3)C/C=C\C[C@@H](Cc3ccccc3)C(=O)O[C@@H]12. The Morgan fingerprint density at radius 2 is 1.41 bits per heavy atom. The molecule has 12 nitrogen and oxygen atoms in total. The molecule has 1 amide bonds. The Kier molecular flexibility index (Phi) is 11.1. The molecule has 3 aromatic carbocycles. The summed E-state index contributed by atoms with van der Waals surface area (Å²) in [7, 11) is 1.35. The third kappa shape index (κ3) is 8.40. The predicted octanol–water partition coefficient (Wildman–Crippen LogP) is 4.59. The van der Waals surface area contributed by atoms with Gasteiger partial charge < -0.3 is 38.3 Å². The number of carbonyl (C=O) groups is 3. The van der Waals surface area contributed by atoms with Gasteiger partial charge in [-0.3, -0.25) is 14.9 Å². The molecule has 0 bridgehead atoms. The summed E-state index contributed by atoms with van der Waals surface area (Å²) in [5, 5.41) is 13.0. The van der Waals surface area contributed by atoms with E-state index in [2.05, 4.69) is 5.32 Å². The molecule has 0 unspecified atom stereocenters. The van der Waals surface area contributed by atoms with Gasteiger partial charge in [0.05, 0.1) is 18.4 Å². The highest BCUT2D eigenvalue weighted by Gasteiger charge is 2.53. The summed E-state index contributed by atoms with van der Waals surface area (Å²) in [4.78, 5) is 41.1. The summed E-state index contributed by atoms with van der Waals surface area (Å²) < 4.78 is 40.3. The zero-order chi connectivity index (χ0) is 34.2. The lowest BCUT2D eigenvalue weighted by Gasteiger charge is -2.44. The molecule has 1 fully saturated rings. The van der Waals surface area contributed by atoms with E-state index in [1.807, 2.05) is 72.8 Å². The molecule has 7 atom stereocenters. The van der Waals surface area contributed by atoms with Gasteiger partial charge in [0.1, 0.15) is 6.10 Å². The Labute approximate surface area is 283 Å². The molecule has 258 valence electrons. The number of amides is 1. The first-order chi connectivity index (χ1) is 23.9. The van der Waals surface area contributed by atoms with Crippen LogP contribution < -0.4 is 14.8 Å².